The van der Waals surface area contributed by atoms with Crippen LogP contribution in [0.15, 0.2) is 42.5 Å². The predicted molar refractivity (Wildman–Crippen MR) is 106 cm³/mol. The summed E-state index contributed by atoms with van der Waals surface area (Å²) in [6, 6.07) is 10.5. The van der Waals surface area contributed by atoms with Crippen LogP contribution >= 0.6 is 0 Å². The van der Waals surface area contributed by atoms with E-state index in [0.29, 0.717) is 38.2 Å². The van der Waals surface area contributed by atoms with Gasteiger partial charge in [-0.05, 0) is 30.7 Å². The number of hydrogen-bond acceptors (Lipinski definition) is 4. The van der Waals surface area contributed by atoms with Gasteiger partial charge in [0.05, 0.1) is 0 Å². The number of carbonyl (C=O) groups excluding carboxylic acids is 2. The summed E-state index contributed by atoms with van der Waals surface area (Å²) in [5.41, 5.74) is 2.46. The van der Waals surface area contributed by atoms with E-state index in [2.05, 4.69) is 5.32 Å². The first-order chi connectivity index (χ1) is 13.9. The molecule has 152 valence electrons. The Morgan fingerprint density at radius 3 is 2.66 bits per heavy atom. The van der Waals surface area contributed by atoms with Gasteiger partial charge in [0.2, 0.25) is 11.8 Å². The minimum absolute atomic E-state index is 0.0935. The molecule has 0 radical (unpaired) electrons. The first kappa shape index (κ1) is 19.4. The van der Waals surface area contributed by atoms with Crippen LogP contribution in [0.1, 0.15) is 16.7 Å². The van der Waals surface area contributed by atoms with E-state index in [9.17, 15) is 19.1 Å². The number of hydrogen-bond donors (Lipinski definition) is 2. The molecule has 0 aromatic heterocycles. The molecule has 2 aliphatic rings. The quantitative estimate of drug-likeness (QED) is 0.822. The number of halogens is 1. The fourth-order valence-corrected chi connectivity index (χ4v) is 4.07. The minimum Gasteiger partial charge on any atom is -0.508 e. The number of piperazine rings is 2. The average molecular weight is 397 g/mol. The summed E-state index contributed by atoms with van der Waals surface area (Å²) in [7, 11) is 0. The van der Waals surface area contributed by atoms with Crippen LogP contribution in [0.25, 0.3) is 0 Å². The van der Waals surface area contributed by atoms with E-state index in [1.165, 1.54) is 6.07 Å². The molecule has 0 aliphatic carbocycles. The highest BCUT2D eigenvalue weighted by Gasteiger charge is 2.43. The van der Waals surface area contributed by atoms with Crippen molar-refractivity contribution in [2.24, 2.45) is 0 Å². The second-order valence-electron chi connectivity index (χ2n) is 7.81. The molecular formula is C22H24FN3O3. The first-order valence-electron chi connectivity index (χ1n) is 9.77. The highest BCUT2D eigenvalue weighted by Crippen LogP contribution is 2.21. The van der Waals surface area contributed by atoms with Crippen molar-refractivity contribution in [1.82, 2.24) is 15.1 Å². The molecule has 6 nitrogen and oxygen atoms in total. The summed E-state index contributed by atoms with van der Waals surface area (Å²) in [4.78, 5) is 29.3. The van der Waals surface area contributed by atoms with Crippen LogP contribution in [-0.4, -0.2) is 58.4 Å². The number of phenolic OH excluding ortho intramolecular Hbond substituents is 1. The van der Waals surface area contributed by atoms with E-state index >= 15 is 0 Å². The largest absolute Gasteiger partial charge is 0.508 e. The minimum atomic E-state index is -0.607. The molecule has 2 atom stereocenters. The van der Waals surface area contributed by atoms with Crippen molar-refractivity contribution in [2.75, 3.05) is 19.6 Å². The highest BCUT2D eigenvalue weighted by atomic mass is 19.1. The van der Waals surface area contributed by atoms with Crippen LogP contribution in [0.5, 0.6) is 5.75 Å². The summed E-state index contributed by atoms with van der Waals surface area (Å²) in [6.07, 6.45) is 0.381. The second-order valence-corrected chi connectivity index (χ2v) is 7.81. The van der Waals surface area contributed by atoms with Crippen molar-refractivity contribution in [3.8, 4) is 5.75 Å². The summed E-state index contributed by atoms with van der Waals surface area (Å²) in [6.45, 7) is 3.75. The van der Waals surface area contributed by atoms with E-state index in [4.69, 9.17) is 0 Å². The number of carbonyl (C=O) groups is 2. The zero-order chi connectivity index (χ0) is 20.5. The normalized spacial score (nSPS) is 22.3. The summed E-state index contributed by atoms with van der Waals surface area (Å²) < 4.78 is 14.1. The Morgan fingerprint density at radius 1 is 1.14 bits per heavy atom. The third kappa shape index (κ3) is 4.10. The number of rotatable bonds is 4. The van der Waals surface area contributed by atoms with Crippen LogP contribution in [-0.2, 0) is 22.6 Å². The lowest BCUT2D eigenvalue weighted by Gasteiger charge is -2.45. The Kier molecular flexibility index (Phi) is 5.24. The van der Waals surface area contributed by atoms with E-state index < -0.39 is 12.1 Å². The molecule has 0 bridgehead atoms. The number of benzene rings is 2. The van der Waals surface area contributed by atoms with Crippen LogP contribution in [0.3, 0.4) is 0 Å². The molecule has 7 heteroatoms. The van der Waals surface area contributed by atoms with Gasteiger partial charge in [-0.15, -0.1) is 0 Å². The maximum Gasteiger partial charge on any atom is 0.246 e. The van der Waals surface area contributed by atoms with Gasteiger partial charge in [0.25, 0.3) is 0 Å². The lowest BCUT2D eigenvalue weighted by atomic mass is 9.98. The molecule has 4 rings (SSSR count). The average Bonchev–Trinajstić information content (AvgIpc) is 2.70. The van der Waals surface area contributed by atoms with Crippen LogP contribution < -0.4 is 5.32 Å². The maximum absolute atomic E-state index is 14.1. The van der Waals surface area contributed by atoms with E-state index in [-0.39, 0.29) is 23.4 Å². The molecule has 0 saturated carbocycles. The van der Waals surface area contributed by atoms with E-state index in [0.717, 1.165) is 11.1 Å². The molecule has 2 aliphatic heterocycles. The predicted octanol–water partition coefficient (Wildman–Crippen LogP) is 1.59. The topological polar surface area (TPSA) is 72.9 Å². The SMILES string of the molecule is Cc1ccc(F)c(CN2CCN3C(=O)[C@@H](Cc4ccc(O)cc4)NC(=O)[C@H]3C2)c1. The molecule has 2 amide bonds. The van der Waals surface area contributed by atoms with Crippen molar-refractivity contribution < 1.29 is 19.1 Å². The van der Waals surface area contributed by atoms with Gasteiger partial charge >= 0.3 is 0 Å². The first-order valence-corrected chi connectivity index (χ1v) is 9.77. The molecule has 2 fully saturated rings. The van der Waals surface area contributed by atoms with Gasteiger partial charge in [-0.25, -0.2) is 4.39 Å². The molecule has 2 saturated heterocycles. The Morgan fingerprint density at radius 2 is 1.90 bits per heavy atom. The van der Waals surface area contributed by atoms with Gasteiger partial charge in [-0.3, -0.25) is 14.5 Å². The Labute approximate surface area is 168 Å². The zero-order valence-corrected chi connectivity index (χ0v) is 16.3. The monoisotopic (exact) mass is 397 g/mol. The number of amides is 2. The summed E-state index contributed by atoms with van der Waals surface area (Å²) >= 11 is 0. The molecule has 2 aromatic carbocycles. The van der Waals surface area contributed by atoms with Gasteiger partial charge in [0, 0.05) is 38.2 Å². The van der Waals surface area contributed by atoms with Gasteiger partial charge in [-0.2, -0.15) is 0 Å². The molecule has 0 spiro atoms. The molecule has 0 unspecified atom stereocenters. The number of nitrogens with one attached hydrogen (secondary N) is 1. The van der Waals surface area contributed by atoms with Crippen LogP contribution in [0.4, 0.5) is 4.39 Å². The van der Waals surface area contributed by atoms with Gasteiger partial charge in [-0.1, -0.05) is 29.8 Å². The third-order valence-corrected chi connectivity index (χ3v) is 5.64. The number of aromatic hydroxyl groups is 1. The van der Waals surface area contributed by atoms with Crippen molar-refractivity contribution >= 4 is 11.8 Å². The number of nitrogens with zero attached hydrogens (tertiary/aromatic N) is 2. The number of aryl methyl sites for hydroxylation is 1. The second kappa shape index (κ2) is 7.83. The Balaban J connectivity index is 1.43. The van der Waals surface area contributed by atoms with Crippen LogP contribution in [0, 0.1) is 12.7 Å². The fourth-order valence-electron chi connectivity index (χ4n) is 4.07. The Hall–Kier alpha value is -2.93. The van der Waals surface area contributed by atoms with Gasteiger partial charge < -0.3 is 15.3 Å². The van der Waals surface area contributed by atoms with Crippen molar-refractivity contribution in [3.63, 3.8) is 0 Å². The van der Waals surface area contributed by atoms with Gasteiger partial charge in [0.15, 0.2) is 0 Å². The van der Waals surface area contributed by atoms with Gasteiger partial charge in [0.1, 0.15) is 23.7 Å². The van der Waals surface area contributed by atoms with Crippen molar-refractivity contribution in [2.45, 2.75) is 32.0 Å². The zero-order valence-electron chi connectivity index (χ0n) is 16.3. The number of phenols is 1. The lowest BCUT2D eigenvalue weighted by Crippen LogP contribution is -2.69. The van der Waals surface area contributed by atoms with E-state index in [1.807, 2.05) is 17.9 Å². The van der Waals surface area contributed by atoms with Crippen LogP contribution in [0.2, 0.25) is 0 Å². The summed E-state index contributed by atoms with van der Waals surface area (Å²) in [5, 5.41) is 12.2. The maximum atomic E-state index is 14.1. The lowest BCUT2D eigenvalue weighted by molar-refractivity contribution is -0.153. The third-order valence-electron chi connectivity index (χ3n) is 5.64. The van der Waals surface area contributed by atoms with Crippen molar-refractivity contribution in [1.29, 1.82) is 0 Å². The van der Waals surface area contributed by atoms with E-state index in [1.54, 1.807) is 35.2 Å². The summed E-state index contributed by atoms with van der Waals surface area (Å²) in [5.74, 6) is -0.364. The molecule has 2 N–H and O–H groups in total. The molecular weight excluding hydrogens is 373 g/mol. The van der Waals surface area contributed by atoms with Crippen molar-refractivity contribution in [3.05, 3.63) is 65.0 Å². The highest BCUT2D eigenvalue weighted by molar-refractivity contribution is 5.97. The molecule has 2 aromatic rings. The Bertz CT molecular complexity index is 931. The molecule has 29 heavy (non-hydrogen) atoms. The molecule has 2 heterocycles. The number of fused-ring (bicyclic) bond motifs is 1. The fraction of sp³-hybridized carbons (Fsp3) is 0.364. The standard InChI is InChI=1S/C22H24FN3O3/c1-14-2-7-18(23)16(10-14)12-25-8-9-26-20(13-25)21(28)24-19(22(26)29)11-15-3-5-17(27)6-4-15/h2-7,10,19-20,27H,8-9,11-13H2,1H3,(H,24,28)/t19-,20-/m1/s1. The smallest absolute Gasteiger partial charge is 0.246 e.